The number of aryl methyl sites for hydroxylation is 1. The Bertz CT molecular complexity index is 679. The second kappa shape index (κ2) is 4.93. The number of halogens is 1. The summed E-state index contributed by atoms with van der Waals surface area (Å²) in [6.45, 7) is 3.68. The molecule has 1 aromatic carbocycles. The van der Waals surface area contributed by atoms with E-state index in [1.807, 2.05) is 13.8 Å². The first kappa shape index (κ1) is 13.4. The van der Waals surface area contributed by atoms with Crippen LogP contribution in [0.25, 0.3) is 5.69 Å². The molecule has 0 aliphatic carbocycles. The Morgan fingerprint density at radius 3 is 2.58 bits per heavy atom. The minimum atomic E-state index is -0.534. The lowest BCUT2D eigenvalue weighted by atomic mass is 10.1. The van der Waals surface area contributed by atoms with Crippen molar-refractivity contribution >= 4 is 27.9 Å². The molecule has 0 atom stereocenters. The summed E-state index contributed by atoms with van der Waals surface area (Å²) in [6, 6.07) is 4.12. The Balaban J connectivity index is 2.65. The smallest absolute Gasteiger partial charge is 0.270 e. The molecule has 0 fully saturated rings. The fourth-order valence-electron chi connectivity index (χ4n) is 1.80. The van der Waals surface area contributed by atoms with Crippen LogP contribution in [-0.2, 0) is 0 Å². The van der Waals surface area contributed by atoms with Gasteiger partial charge in [-0.15, -0.1) is 0 Å². The summed E-state index contributed by atoms with van der Waals surface area (Å²) in [5.74, 6) is 0. The first-order valence-electron chi connectivity index (χ1n) is 5.41. The van der Waals surface area contributed by atoms with Crippen molar-refractivity contribution in [3.8, 4) is 5.69 Å². The molecule has 0 radical (unpaired) electrons. The van der Waals surface area contributed by atoms with Crippen LogP contribution in [0.1, 0.15) is 21.7 Å². The van der Waals surface area contributed by atoms with Gasteiger partial charge in [0.2, 0.25) is 0 Å². The average molecular weight is 324 g/mol. The number of non-ortho nitro benzene ring substituents is 1. The SMILES string of the molecule is Cc1nn(-c2ccc([N+](=O)[O-])cc2C=O)c(C)c1Br. The second-order valence-electron chi connectivity index (χ2n) is 4.01. The lowest BCUT2D eigenvalue weighted by molar-refractivity contribution is -0.384. The average Bonchev–Trinajstić information content (AvgIpc) is 2.65. The third-order valence-corrected chi connectivity index (χ3v) is 3.93. The summed E-state index contributed by atoms with van der Waals surface area (Å²) in [5, 5.41) is 15.0. The van der Waals surface area contributed by atoms with E-state index >= 15 is 0 Å². The van der Waals surface area contributed by atoms with Gasteiger partial charge in [-0.05, 0) is 35.8 Å². The van der Waals surface area contributed by atoms with Crippen LogP contribution >= 0.6 is 15.9 Å². The number of nitro benzene ring substituents is 1. The van der Waals surface area contributed by atoms with Crippen molar-refractivity contribution in [2.75, 3.05) is 0 Å². The topological polar surface area (TPSA) is 78.0 Å². The molecule has 6 nitrogen and oxygen atoms in total. The van der Waals surface area contributed by atoms with Crippen LogP contribution < -0.4 is 0 Å². The summed E-state index contributed by atoms with van der Waals surface area (Å²) in [7, 11) is 0. The van der Waals surface area contributed by atoms with Gasteiger partial charge < -0.3 is 0 Å². The summed E-state index contributed by atoms with van der Waals surface area (Å²) in [6.07, 6.45) is 0.590. The van der Waals surface area contributed by atoms with Gasteiger partial charge in [-0.2, -0.15) is 5.10 Å². The standard InChI is InChI=1S/C12H10BrN3O3/c1-7-12(13)8(2)15(14-7)11-4-3-10(16(18)19)5-9(11)6-17/h3-6H,1-2H3. The third kappa shape index (κ3) is 2.28. The van der Waals surface area contributed by atoms with Crippen molar-refractivity contribution < 1.29 is 9.72 Å². The molecule has 19 heavy (non-hydrogen) atoms. The quantitative estimate of drug-likeness (QED) is 0.494. The van der Waals surface area contributed by atoms with Crippen LogP contribution in [0.4, 0.5) is 5.69 Å². The summed E-state index contributed by atoms with van der Waals surface area (Å²) < 4.78 is 2.44. The molecule has 2 rings (SSSR count). The van der Waals surface area contributed by atoms with E-state index in [-0.39, 0.29) is 11.3 Å². The van der Waals surface area contributed by atoms with Crippen molar-refractivity contribution in [2.24, 2.45) is 0 Å². The molecular formula is C12H10BrN3O3. The zero-order chi connectivity index (χ0) is 14.2. The number of carbonyl (C=O) groups is 1. The van der Waals surface area contributed by atoms with Crippen LogP contribution in [-0.4, -0.2) is 21.0 Å². The lowest BCUT2D eigenvalue weighted by Crippen LogP contribution is -2.04. The number of hydrogen-bond donors (Lipinski definition) is 0. The highest BCUT2D eigenvalue weighted by Gasteiger charge is 2.16. The van der Waals surface area contributed by atoms with E-state index < -0.39 is 4.92 Å². The van der Waals surface area contributed by atoms with Gasteiger partial charge in [0.05, 0.1) is 26.5 Å². The molecular weight excluding hydrogens is 314 g/mol. The molecule has 0 aliphatic rings. The monoisotopic (exact) mass is 323 g/mol. The summed E-state index contributed by atoms with van der Waals surface area (Å²) in [5.41, 5.74) is 2.24. The molecule has 1 aromatic heterocycles. The van der Waals surface area contributed by atoms with Crippen molar-refractivity contribution in [1.82, 2.24) is 9.78 Å². The van der Waals surface area contributed by atoms with Gasteiger partial charge in [0.25, 0.3) is 5.69 Å². The Morgan fingerprint density at radius 1 is 1.42 bits per heavy atom. The summed E-state index contributed by atoms with van der Waals surface area (Å²) >= 11 is 3.40. The maximum Gasteiger partial charge on any atom is 0.270 e. The van der Waals surface area contributed by atoms with Crippen LogP contribution in [0, 0.1) is 24.0 Å². The van der Waals surface area contributed by atoms with Gasteiger partial charge >= 0.3 is 0 Å². The zero-order valence-corrected chi connectivity index (χ0v) is 11.8. The number of aldehydes is 1. The Kier molecular flexibility index (Phi) is 3.48. The van der Waals surface area contributed by atoms with Crippen molar-refractivity contribution in [3.05, 3.63) is 49.7 Å². The van der Waals surface area contributed by atoms with E-state index in [4.69, 9.17) is 0 Å². The Labute approximate surface area is 117 Å². The number of aromatic nitrogens is 2. The molecule has 7 heteroatoms. The molecule has 0 aliphatic heterocycles. The fraction of sp³-hybridized carbons (Fsp3) is 0.167. The van der Waals surface area contributed by atoms with Gasteiger partial charge in [0, 0.05) is 17.7 Å². The van der Waals surface area contributed by atoms with E-state index in [9.17, 15) is 14.9 Å². The first-order chi connectivity index (χ1) is 8.95. The Morgan fingerprint density at radius 2 is 2.11 bits per heavy atom. The minimum absolute atomic E-state index is 0.119. The lowest BCUT2D eigenvalue weighted by Gasteiger charge is -2.07. The van der Waals surface area contributed by atoms with Crippen molar-refractivity contribution in [2.45, 2.75) is 13.8 Å². The molecule has 0 saturated heterocycles. The molecule has 98 valence electrons. The largest absolute Gasteiger partial charge is 0.298 e. The Hall–Kier alpha value is -2.02. The number of carbonyl (C=O) groups excluding carboxylic acids is 1. The zero-order valence-electron chi connectivity index (χ0n) is 10.3. The summed E-state index contributed by atoms with van der Waals surface area (Å²) in [4.78, 5) is 21.3. The normalized spacial score (nSPS) is 10.5. The highest BCUT2D eigenvalue weighted by molar-refractivity contribution is 9.10. The second-order valence-corrected chi connectivity index (χ2v) is 4.81. The van der Waals surface area contributed by atoms with Gasteiger partial charge in [-0.25, -0.2) is 4.68 Å². The number of nitro groups is 1. The maximum atomic E-state index is 11.1. The van der Waals surface area contributed by atoms with Crippen LogP contribution in [0.5, 0.6) is 0 Å². The number of rotatable bonds is 3. The van der Waals surface area contributed by atoms with E-state index in [0.717, 1.165) is 15.9 Å². The molecule has 0 N–H and O–H groups in total. The number of hydrogen-bond acceptors (Lipinski definition) is 4. The molecule has 0 amide bonds. The van der Waals surface area contributed by atoms with Crippen molar-refractivity contribution in [3.63, 3.8) is 0 Å². The van der Waals surface area contributed by atoms with Gasteiger partial charge in [0.1, 0.15) is 0 Å². The van der Waals surface area contributed by atoms with Crippen LogP contribution in [0.2, 0.25) is 0 Å². The third-order valence-electron chi connectivity index (χ3n) is 2.78. The predicted octanol–water partition coefficient (Wildman–Crippen LogP) is 2.97. The molecule has 0 saturated carbocycles. The fourth-order valence-corrected chi connectivity index (χ4v) is 2.05. The van der Waals surface area contributed by atoms with E-state index in [1.54, 1.807) is 4.68 Å². The number of benzene rings is 1. The minimum Gasteiger partial charge on any atom is -0.298 e. The van der Waals surface area contributed by atoms with Gasteiger partial charge in [0.15, 0.2) is 6.29 Å². The van der Waals surface area contributed by atoms with Gasteiger partial charge in [-0.3, -0.25) is 14.9 Å². The molecule has 1 heterocycles. The van der Waals surface area contributed by atoms with E-state index in [2.05, 4.69) is 21.0 Å². The van der Waals surface area contributed by atoms with E-state index in [1.165, 1.54) is 18.2 Å². The maximum absolute atomic E-state index is 11.1. The molecule has 0 bridgehead atoms. The molecule has 2 aromatic rings. The highest BCUT2D eigenvalue weighted by Crippen LogP contribution is 2.26. The van der Waals surface area contributed by atoms with Crippen LogP contribution in [0.3, 0.4) is 0 Å². The van der Waals surface area contributed by atoms with E-state index in [0.29, 0.717) is 12.0 Å². The van der Waals surface area contributed by atoms with Crippen LogP contribution in [0.15, 0.2) is 22.7 Å². The van der Waals surface area contributed by atoms with Crippen molar-refractivity contribution in [1.29, 1.82) is 0 Å². The highest BCUT2D eigenvalue weighted by atomic mass is 79.9. The molecule has 0 spiro atoms. The van der Waals surface area contributed by atoms with Gasteiger partial charge in [-0.1, -0.05) is 0 Å². The predicted molar refractivity (Wildman–Crippen MR) is 72.8 cm³/mol. The molecule has 0 unspecified atom stereocenters. The first-order valence-corrected chi connectivity index (χ1v) is 6.20. The number of nitrogens with zero attached hydrogens (tertiary/aromatic N) is 3.